The Kier molecular flexibility index (Phi) is 38.4. The Morgan fingerprint density at radius 2 is 0.967 bits per heavy atom. The number of carbonyl (C=O) groups is 2. The summed E-state index contributed by atoms with van der Waals surface area (Å²) >= 11 is 0. The van der Waals surface area contributed by atoms with Gasteiger partial charge in [0.25, 0.3) is 0 Å². The molecule has 0 amide bonds. The third-order valence-corrected chi connectivity index (χ3v) is 9.47. The SMILES string of the molecule is CC/C=C\C/C=C\C/C=C\C/C=C\C/C=C\C/C=C\CCC(=O)OC[C@H](COP(=O)(O)OCC[N+](C)(C)C)OC(=O)CCC/C=C\C/C=C\C/C=C\C/C=C\CCCCC. The molecule has 0 saturated carbocycles. The smallest absolute Gasteiger partial charge is 0.462 e. The van der Waals surface area contributed by atoms with E-state index >= 15 is 0 Å². The highest BCUT2D eigenvalue weighted by atomic mass is 31.2. The van der Waals surface area contributed by atoms with E-state index < -0.39 is 32.5 Å². The normalized spacial score (nSPS) is 14.7. The highest BCUT2D eigenvalue weighted by Crippen LogP contribution is 2.43. The Morgan fingerprint density at radius 1 is 0.533 bits per heavy atom. The van der Waals surface area contributed by atoms with Crippen molar-refractivity contribution in [3.63, 3.8) is 0 Å². The topological polar surface area (TPSA) is 108 Å². The number of hydrogen-bond donors (Lipinski definition) is 1. The quantitative estimate of drug-likeness (QED) is 0.0215. The molecule has 0 aromatic heterocycles. The maximum absolute atomic E-state index is 12.7. The van der Waals surface area contributed by atoms with Gasteiger partial charge in [-0.15, -0.1) is 0 Å². The van der Waals surface area contributed by atoms with Crippen molar-refractivity contribution < 1.29 is 42.1 Å². The zero-order valence-electron chi connectivity index (χ0n) is 37.9. The molecule has 0 aliphatic heterocycles. The summed E-state index contributed by atoms with van der Waals surface area (Å²) in [6, 6.07) is 0. The molecule has 0 bridgehead atoms. The Balaban J connectivity index is 4.60. The number of carbonyl (C=O) groups excluding carboxylic acids is 2. The van der Waals surface area contributed by atoms with Crippen LogP contribution in [-0.2, 0) is 32.7 Å². The van der Waals surface area contributed by atoms with Crippen LogP contribution in [0.3, 0.4) is 0 Å². The number of nitrogens with zero attached hydrogens (tertiary/aromatic N) is 1. The number of unbranched alkanes of at least 4 members (excludes halogenated alkanes) is 4. The molecule has 0 rings (SSSR count). The van der Waals surface area contributed by atoms with Gasteiger partial charge < -0.3 is 18.9 Å². The maximum Gasteiger partial charge on any atom is 0.472 e. The summed E-state index contributed by atoms with van der Waals surface area (Å²) in [6.45, 7) is 4.09. The minimum absolute atomic E-state index is 0.00278. The minimum atomic E-state index is -4.42. The van der Waals surface area contributed by atoms with Gasteiger partial charge in [-0.2, -0.15) is 0 Å². The molecule has 338 valence electrons. The Morgan fingerprint density at radius 3 is 1.42 bits per heavy atom. The summed E-state index contributed by atoms with van der Waals surface area (Å²) in [5, 5.41) is 0. The minimum Gasteiger partial charge on any atom is -0.462 e. The lowest BCUT2D eigenvalue weighted by Gasteiger charge is -2.24. The van der Waals surface area contributed by atoms with E-state index in [9.17, 15) is 19.0 Å². The Labute approximate surface area is 365 Å². The van der Waals surface area contributed by atoms with Crippen molar-refractivity contribution in [1.82, 2.24) is 0 Å². The molecule has 0 aromatic carbocycles. The van der Waals surface area contributed by atoms with Gasteiger partial charge in [0.05, 0.1) is 27.7 Å². The fraction of sp³-hybridized carbons (Fsp3) is 0.560. The first kappa shape index (κ1) is 56.4. The van der Waals surface area contributed by atoms with Gasteiger partial charge in [0.15, 0.2) is 6.10 Å². The molecule has 0 aliphatic carbocycles. The number of phosphoric acid groups is 1. The van der Waals surface area contributed by atoms with E-state index in [-0.39, 0.29) is 26.1 Å². The summed E-state index contributed by atoms with van der Waals surface area (Å²) < 4.78 is 34.1. The zero-order valence-corrected chi connectivity index (χ0v) is 38.8. The third kappa shape index (κ3) is 44.0. The predicted molar refractivity (Wildman–Crippen MR) is 251 cm³/mol. The van der Waals surface area contributed by atoms with Crippen molar-refractivity contribution in [2.75, 3.05) is 47.5 Å². The summed E-state index contributed by atoms with van der Waals surface area (Å²) in [5.41, 5.74) is 0. The zero-order chi connectivity index (χ0) is 44.3. The van der Waals surface area contributed by atoms with Gasteiger partial charge >= 0.3 is 19.8 Å². The van der Waals surface area contributed by atoms with Crippen molar-refractivity contribution in [3.8, 4) is 0 Å². The standard InChI is InChI=1S/C50H80NO8P/c1-6-8-10-12-14-16-18-20-22-24-25-27-28-30-32-34-36-38-40-42-49(52)56-46-48(47-58-60(54,55)57-45-44-51(3,4)5)59-50(53)43-41-39-37-35-33-31-29-26-23-21-19-17-15-13-11-9-7-2/h8,10,14-17,20-23,25,27,29-32,35-38,48H,6-7,9,11-13,18-19,24,26,28,33-34,39-47H2,1-5H3/p+1/b10-8-,16-14-,17-15-,22-20-,23-21-,27-25-,31-29-,32-30-,37-35-,38-36-/t48-/m1/s1. The van der Waals surface area contributed by atoms with Crippen molar-refractivity contribution >= 4 is 19.8 Å². The molecular weight excluding hydrogens is 774 g/mol. The molecule has 1 unspecified atom stereocenters. The van der Waals surface area contributed by atoms with Gasteiger partial charge in [0, 0.05) is 12.8 Å². The van der Waals surface area contributed by atoms with Crippen LogP contribution in [0.2, 0.25) is 0 Å². The van der Waals surface area contributed by atoms with Gasteiger partial charge in [0.1, 0.15) is 19.8 Å². The fourth-order valence-corrected chi connectivity index (χ4v) is 5.77. The Hall–Kier alpha value is -3.59. The van der Waals surface area contributed by atoms with Crippen LogP contribution in [0.5, 0.6) is 0 Å². The van der Waals surface area contributed by atoms with Gasteiger partial charge in [-0.1, -0.05) is 148 Å². The second-order valence-corrected chi connectivity index (χ2v) is 16.8. The number of rotatable bonds is 38. The van der Waals surface area contributed by atoms with E-state index in [1.165, 1.54) is 19.3 Å². The molecule has 9 nitrogen and oxygen atoms in total. The molecule has 60 heavy (non-hydrogen) atoms. The third-order valence-electron chi connectivity index (χ3n) is 8.49. The number of ether oxygens (including phenoxy) is 2. The van der Waals surface area contributed by atoms with E-state index in [0.717, 1.165) is 64.2 Å². The molecule has 0 radical (unpaired) electrons. The highest BCUT2D eigenvalue weighted by molar-refractivity contribution is 7.47. The van der Waals surface area contributed by atoms with Gasteiger partial charge in [0.2, 0.25) is 0 Å². The van der Waals surface area contributed by atoms with E-state index in [1.54, 1.807) is 0 Å². The average molecular weight is 855 g/mol. The summed E-state index contributed by atoms with van der Waals surface area (Å²) in [5.74, 6) is -0.977. The van der Waals surface area contributed by atoms with E-state index in [1.807, 2.05) is 39.4 Å². The number of likely N-dealkylation sites (N-methyl/N-ethyl adjacent to an activating group) is 1. The van der Waals surface area contributed by atoms with Gasteiger partial charge in [-0.3, -0.25) is 18.6 Å². The lowest BCUT2D eigenvalue weighted by molar-refractivity contribution is -0.870. The molecule has 0 spiro atoms. The highest BCUT2D eigenvalue weighted by Gasteiger charge is 2.27. The number of allylic oxidation sites excluding steroid dienone is 20. The van der Waals surface area contributed by atoms with E-state index in [2.05, 4.69) is 117 Å². The van der Waals surface area contributed by atoms with Crippen LogP contribution in [0, 0.1) is 0 Å². The van der Waals surface area contributed by atoms with E-state index in [0.29, 0.717) is 30.3 Å². The average Bonchev–Trinajstić information content (AvgIpc) is 3.20. The second-order valence-electron chi connectivity index (χ2n) is 15.3. The fourth-order valence-electron chi connectivity index (χ4n) is 5.03. The first-order chi connectivity index (χ1) is 29.0. The van der Waals surface area contributed by atoms with Crippen molar-refractivity contribution in [1.29, 1.82) is 0 Å². The lowest BCUT2D eigenvalue weighted by atomic mass is 10.2. The largest absolute Gasteiger partial charge is 0.472 e. The molecular formula is C50H81NO8P+. The number of hydrogen-bond acceptors (Lipinski definition) is 7. The molecule has 0 saturated heterocycles. The van der Waals surface area contributed by atoms with Crippen LogP contribution in [-0.4, -0.2) is 74.9 Å². The summed E-state index contributed by atoms with van der Waals surface area (Å²) in [7, 11) is 1.38. The monoisotopic (exact) mass is 855 g/mol. The van der Waals surface area contributed by atoms with Crippen LogP contribution in [0.15, 0.2) is 122 Å². The van der Waals surface area contributed by atoms with E-state index in [4.69, 9.17) is 18.5 Å². The van der Waals surface area contributed by atoms with Gasteiger partial charge in [-0.05, 0) is 89.9 Å². The molecule has 0 heterocycles. The Bertz CT molecular complexity index is 1430. The van der Waals surface area contributed by atoms with Crippen molar-refractivity contribution in [2.24, 2.45) is 0 Å². The van der Waals surface area contributed by atoms with Crippen molar-refractivity contribution in [3.05, 3.63) is 122 Å². The van der Waals surface area contributed by atoms with Crippen LogP contribution >= 0.6 is 7.82 Å². The molecule has 0 aromatic rings. The lowest BCUT2D eigenvalue weighted by Crippen LogP contribution is -2.37. The second kappa shape index (κ2) is 40.8. The molecule has 0 aliphatic rings. The number of quaternary nitrogens is 1. The first-order valence-corrected chi connectivity index (χ1v) is 23.8. The van der Waals surface area contributed by atoms with Crippen LogP contribution in [0.25, 0.3) is 0 Å². The number of phosphoric ester groups is 1. The predicted octanol–water partition coefficient (Wildman–Crippen LogP) is 12.9. The molecule has 2 atom stereocenters. The summed E-state index contributed by atoms with van der Waals surface area (Å²) in [6.07, 6.45) is 57.0. The molecule has 0 fully saturated rings. The molecule has 1 N–H and O–H groups in total. The van der Waals surface area contributed by atoms with Crippen molar-refractivity contribution in [2.45, 2.75) is 136 Å². The first-order valence-electron chi connectivity index (χ1n) is 22.3. The molecule has 10 heteroatoms. The summed E-state index contributed by atoms with van der Waals surface area (Å²) in [4.78, 5) is 35.3. The number of esters is 2. The maximum atomic E-state index is 12.7. The van der Waals surface area contributed by atoms with Crippen LogP contribution in [0.4, 0.5) is 0 Å². The van der Waals surface area contributed by atoms with Gasteiger partial charge in [-0.25, -0.2) is 4.57 Å². The van der Waals surface area contributed by atoms with Crippen LogP contribution in [0.1, 0.15) is 129 Å². The van der Waals surface area contributed by atoms with Crippen LogP contribution < -0.4 is 0 Å².